The van der Waals surface area contributed by atoms with Crippen LogP contribution in [0.2, 0.25) is 0 Å². The molecule has 4 rings (SSSR count). The largest absolute Gasteiger partial charge is 0.478 e. The number of aromatic carboxylic acids is 1. The molecular weight excluding hydrogens is 466 g/mol. The summed E-state index contributed by atoms with van der Waals surface area (Å²) < 4.78 is 0. The predicted molar refractivity (Wildman–Crippen MR) is 129 cm³/mol. The van der Waals surface area contributed by atoms with E-state index < -0.39 is 16.8 Å². The summed E-state index contributed by atoms with van der Waals surface area (Å²) in [7, 11) is 0. The number of benzene rings is 1. The summed E-state index contributed by atoms with van der Waals surface area (Å²) in [4.78, 5) is 51.1. The van der Waals surface area contributed by atoms with Crippen LogP contribution in [0.1, 0.15) is 26.5 Å². The molecule has 0 aliphatic carbocycles. The second-order valence-electron chi connectivity index (χ2n) is 7.53. The van der Waals surface area contributed by atoms with Crippen LogP contribution in [-0.4, -0.2) is 48.4 Å². The Kier molecular flexibility index (Phi) is 6.86. The highest BCUT2D eigenvalue weighted by atomic mass is 16.6. The fourth-order valence-electron chi connectivity index (χ4n) is 3.44. The van der Waals surface area contributed by atoms with Gasteiger partial charge in [0.1, 0.15) is 23.4 Å². The molecule has 0 saturated heterocycles. The first-order valence-corrected chi connectivity index (χ1v) is 10.6. The summed E-state index contributed by atoms with van der Waals surface area (Å²) in [5, 5.41) is 23.9. The number of hydrogen-bond donors (Lipinski definition) is 3. The van der Waals surface area contributed by atoms with Crippen LogP contribution in [0.15, 0.2) is 67.1 Å². The van der Waals surface area contributed by atoms with Gasteiger partial charge in [0.15, 0.2) is 0 Å². The minimum atomic E-state index is -1.21. The molecule has 12 heteroatoms. The lowest BCUT2D eigenvalue weighted by atomic mass is 9.99. The van der Waals surface area contributed by atoms with E-state index in [0.29, 0.717) is 35.7 Å². The smallest absolute Gasteiger partial charge is 0.340 e. The number of carboxylic acid groups (broad SMARTS) is 1. The summed E-state index contributed by atoms with van der Waals surface area (Å²) >= 11 is 0. The second kappa shape index (κ2) is 10.3. The number of primary amides is 1. The van der Waals surface area contributed by atoms with Crippen LogP contribution in [0.25, 0.3) is 22.5 Å². The number of carbonyl (C=O) groups is 2. The highest BCUT2D eigenvalue weighted by Gasteiger charge is 2.23. The van der Waals surface area contributed by atoms with E-state index in [-0.39, 0.29) is 28.2 Å². The number of carboxylic acids is 1. The Hall–Kier alpha value is -5.26. The van der Waals surface area contributed by atoms with Gasteiger partial charge in [-0.3, -0.25) is 19.9 Å². The molecule has 180 valence electrons. The average molecular weight is 485 g/mol. The van der Waals surface area contributed by atoms with Gasteiger partial charge in [0, 0.05) is 48.1 Å². The first-order valence-electron chi connectivity index (χ1n) is 10.6. The van der Waals surface area contributed by atoms with Crippen molar-refractivity contribution >= 4 is 23.4 Å². The monoisotopic (exact) mass is 485 g/mol. The molecule has 0 spiro atoms. The summed E-state index contributed by atoms with van der Waals surface area (Å²) in [5.41, 5.74) is 6.80. The highest BCUT2D eigenvalue weighted by molar-refractivity contribution is 6.01. The van der Waals surface area contributed by atoms with Gasteiger partial charge in [-0.15, -0.1) is 0 Å². The molecular formula is C24H19N7O5. The van der Waals surface area contributed by atoms with Crippen molar-refractivity contribution in [3.05, 3.63) is 94.2 Å². The lowest BCUT2D eigenvalue weighted by Crippen LogP contribution is -2.14. The zero-order chi connectivity index (χ0) is 25.7. The highest BCUT2D eigenvalue weighted by Crippen LogP contribution is 2.30. The Morgan fingerprint density at radius 1 is 0.972 bits per heavy atom. The van der Waals surface area contributed by atoms with Crippen molar-refractivity contribution in [2.24, 2.45) is 5.73 Å². The maximum absolute atomic E-state index is 12.3. The number of nitrogens with two attached hydrogens (primary N) is 1. The van der Waals surface area contributed by atoms with Crippen LogP contribution in [-0.2, 0) is 6.42 Å². The van der Waals surface area contributed by atoms with Crippen LogP contribution in [0.4, 0.5) is 11.5 Å². The molecule has 3 heterocycles. The number of anilines is 1. The first-order chi connectivity index (χ1) is 17.3. The van der Waals surface area contributed by atoms with Crippen LogP contribution < -0.4 is 11.1 Å². The van der Waals surface area contributed by atoms with E-state index in [1.54, 1.807) is 24.3 Å². The average Bonchev–Trinajstić information content (AvgIpc) is 2.89. The normalized spacial score (nSPS) is 10.6. The van der Waals surface area contributed by atoms with Gasteiger partial charge in [-0.1, -0.05) is 12.1 Å². The maximum Gasteiger partial charge on any atom is 0.340 e. The van der Waals surface area contributed by atoms with Gasteiger partial charge in [-0.05, 0) is 30.3 Å². The Balaban J connectivity index is 1.71. The zero-order valence-electron chi connectivity index (χ0n) is 18.7. The van der Waals surface area contributed by atoms with Gasteiger partial charge in [-0.25, -0.2) is 19.7 Å². The van der Waals surface area contributed by atoms with Gasteiger partial charge < -0.3 is 16.2 Å². The molecule has 12 nitrogen and oxygen atoms in total. The number of nitro groups is 1. The van der Waals surface area contributed by atoms with Crippen molar-refractivity contribution in [2.75, 3.05) is 11.9 Å². The van der Waals surface area contributed by atoms with Crippen molar-refractivity contribution in [1.29, 1.82) is 0 Å². The Morgan fingerprint density at radius 3 is 2.14 bits per heavy atom. The fraction of sp³-hybridized carbons (Fsp3) is 0.0833. The van der Waals surface area contributed by atoms with Crippen LogP contribution in [0.3, 0.4) is 0 Å². The molecule has 0 saturated carbocycles. The second-order valence-corrected chi connectivity index (χ2v) is 7.53. The van der Waals surface area contributed by atoms with E-state index in [1.807, 2.05) is 0 Å². The van der Waals surface area contributed by atoms with Crippen LogP contribution in [0.5, 0.6) is 0 Å². The minimum absolute atomic E-state index is 0.0956. The van der Waals surface area contributed by atoms with E-state index in [2.05, 4.69) is 25.3 Å². The number of nitrogens with zero attached hydrogens (tertiary/aromatic N) is 5. The third-order valence-electron chi connectivity index (χ3n) is 5.18. The van der Waals surface area contributed by atoms with Crippen molar-refractivity contribution in [2.45, 2.75) is 6.42 Å². The maximum atomic E-state index is 12.3. The lowest BCUT2D eigenvalue weighted by Gasteiger charge is -2.14. The summed E-state index contributed by atoms with van der Waals surface area (Å²) in [6.07, 6.45) is 4.51. The predicted octanol–water partition coefficient (Wildman–Crippen LogP) is 2.96. The molecule has 1 amide bonds. The molecule has 0 fully saturated rings. The molecule has 4 aromatic rings. The van der Waals surface area contributed by atoms with Gasteiger partial charge in [0.05, 0.1) is 16.3 Å². The Morgan fingerprint density at radius 2 is 1.61 bits per heavy atom. The topological polar surface area (TPSA) is 187 Å². The van der Waals surface area contributed by atoms with E-state index in [1.165, 1.54) is 36.7 Å². The van der Waals surface area contributed by atoms with E-state index in [9.17, 15) is 24.8 Å². The summed E-state index contributed by atoms with van der Waals surface area (Å²) in [5.74, 6) is -1.03. The van der Waals surface area contributed by atoms with Crippen molar-refractivity contribution < 1.29 is 19.6 Å². The molecule has 0 aliphatic heterocycles. The van der Waals surface area contributed by atoms with Gasteiger partial charge in [0.2, 0.25) is 5.91 Å². The number of pyridine rings is 2. The Labute approximate surface area is 204 Å². The molecule has 0 aliphatic rings. The van der Waals surface area contributed by atoms with E-state index in [0.717, 1.165) is 6.20 Å². The molecule has 36 heavy (non-hydrogen) atoms. The number of aromatic nitrogens is 4. The van der Waals surface area contributed by atoms with Gasteiger partial charge in [-0.2, -0.15) is 0 Å². The third-order valence-corrected chi connectivity index (χ3v) is 5.18. The van der Waals surface area contributed by atoms with Crippen LogP contribution >= 0.6 is 0 Å². The van der Waals surface area contributed by atoms with Crippen molar-refractivity contribution in [3.8, 4) is 22.5 Å². The standard InChI is InChI=1S/C24H19N7O5/c25-23(32)16-3-1-14(2-4-16)21-20(24(33)34)22(15-7-10-26-11-8-15)30-19(29-21)9-12-27-18-6-5-17(13-28-18)31(35)36/h1-8,10-11,13H,9,12H2,(H2,25,32)(H,27,28)(H,33,34). The molecule has 0 atom stereocenters. The molecule has 4 N–H and O–H groups in total. The lowest BCUT2D eigenvalue weighted by molar-refractivity contribution is -0.385. The van der Waals surface area contributed by atoms with E-state index in [4.69, 9.17) is 5.73 Å². The van der Waals surface area contributed by atoms with Gasteiger partial charge >= 0.3 is 5.97 Å². The summed E-state index contributed by atoms with van der Waals surface area (Å²) in [6.45, 7) is 0.326. The Bertz CT molecular complexity index is 1430. The number of nitrogens with one attached hydrogen (secondary N) is 1. The van der Waals surface area contributed by atoms with Crippen molar-refractivity contribution in [1.82, 2.24) is 19.9 Å². The number of hydrogen-bond acceptors (Lipinski definition) is 9. The van der Waals surface area contributed by atoms with Crippen LogP contribution in [0, 0.1) is 10.1 Å². The zero-order valence-corrected chi connectivity index (χ0v) is 18.7. The summed E-state index contributed by atoms with van der Waals surface area (Å²) in [6, 6.07) is 12.3. The fourth-order valence-corrected chi connectivity index (χ4v) is 3.44. The SMILES string of the molecule is NC(=O)c1ccc(-c2nc(CCNc3ccc([N+](=O)[O-])cn3)nc(-c3ccncc3)c2C(=O)O)cc1. The van der Waals surface area contributed by atoms with E-state index >= 15 is 0 Å². The molecule has 3 aromatic heterocycles. The molecule has 0 radical (unpaired) electrons. The number of rotatable bonds is 9. The van der Waals surface area contributed by atoms with Gasteiger partial charge in [0.25, 0.3) is 5.69 Å². The molecule has 0 unspecified atom stereocenters. The number of amides is 1. The molecule has 0 bridgehead atoms. The quantitative estimate of drug-likeness (QED) is 0.235. The number of carbonyl (C=O) groups excluding carboxylic acids is 1. The molecule has 1 aromatic carbocycles. The first kappa shape index (κ1) is 23.9. The van der Waals surface area contributed by atoms with Crippen molar-refractivity contribution in [3.63, 3.8) is 0 Å². The minimum Gasteiger partial charge on any atom is -0.478 e. The third kappa shape index (κ3) is 5.28.